The fraction of sp³-hybridized carbons (Fsp3) is 0.484. The molecule has 2 saturated carbocycles. The number of nitrogens with one attached hydrogen (secondary N) is 2. The average Bonchev–Trinajstić information content (AvgIpc) is 3.94. The third-order valence-electron chi connectivity index (χ3n) is 8.43. The second-order valence-electron chi connectivity index (χ2n) is 11.8. The van der Waals surface area contributed by atoms with Crippen molar-refractivity contribution in [1.82, 2.24) is 19.9 Å². The van der Waals surface area contributed by atoms with Crippen LogP contribution in [0, 0.1) is 5.92 Å². The zero-order valence-electron chi connectivity index (χ0n) is 25.7. The Morgan fingerprint density at radius 2 is 2.00 bits per heavy atom. The lowest BCUT2D eigenvalue weighted by molar-refractivity contribution is -0.144. The van der Waals surface area contributed by atoms with Crippen LogP contribution in [0.4, 0.5) is 0 Å². The Balaban J connectivity index is 1.44. The molecule has 2 heterocycles. The molecule has 0 spiro atoms. The van der Waals surface area contributed by atoms with Gasteiger partial charge in [-0.15, -0.1) is 6.58 Å². The molecule has 3 fully saturated rings. The van der Waals surface area contributed by atoms with Crippen molar-refractivity contribution in [2.75, 3.05) is 20.3 Å². The molecule has 0 radical (unpaired) electrons. The van der Waals surface area contributed by atoms with Crippen LogP contribution in [0.5, 0.6) is 17.4 Å². The molecule has 3 amide bonds. The first kappa shape index (κ1) is 33.7. The van der Waals surface area contributed by atoms with Gasteiger partial charge in [0.1, 0.15) is 29.2 Å². The van der Waals surface area contributed by atoms with Crippen LogP contribution in [0.25, 0.3) is 10.9 Å². The number of likely N-dealkylation sites (tertiary alicyclic amines) is 1. The summed E-state index contributed by atoms with van der Waals surface area (Å²) in [5, 5.41) is 13.3. The maximum atomic E-state index is 13.9. The molecule has 2 aromatic rings. The third kappa shape index (κ3) is 6.45. The Morgan fingerprint density at radius 3 is 2.59 bits per heavy atom. The number of methoxy groups -OCH3 is 1. The van der Waals surface area contributed by atoms with Crippen LogP contribution in [-0.4, -0.2) is 90.4 Å². The van der Waals surface area contributed by atoms with Gasteiger partial charge in [-0.2, -0.15) is 0 Å². The number of aromatic nitrogens is 1. The number of carbonyl (C=O) groups is 3. The molecular formula is C31H37BrN4O9S. The highest BCUT2D eigenvalue weighted by Crippen LogP contribution is 2.46. The minimum atomic E-state index is -3.88. The second-order valence-corrected chi connectivity index (χ2v) is 14.5. The molecule has 1 aromatic carbocycles. The van der Waals surface area contributed by atoms with E-state index >= 15 is 0 Å². The maximum Gasteiger partial charge on any atom is 0.259 e. The quantitative estimate of drug-likeness (QED) is 0.261. The Morgan fingerprint density at radius 1 is 1.28 bits per heavy atom. The van der Waals surface area contributed by atoms with Gasteiger partial charge in [-0.1, -0.05) is 12.7 Å². The number of ether oxygens (including phenoxy) is 3. The number of benzene rings is 1. The summed E-state index contributed by atoms with van der Waals surface area (Å²) in [6.45, 7) is 11.0. The summed E-state index contributed by atoms with van der Waals surface area (Å²) in [5.74, 6) is -1.61. The van der Waals surface area contributed by atoms with Crippen LogP contribution >= 0.6 is 15.9 Å². The topological polar surface area (TPSA) is 173 Å². The molecule has 2 aliphatic carbocycles. The number of aliphatic hydroxyl groups is 1. The number of sulfonamides is 1. The molecule has 1 unspecified atom stereocenters. The molecule has 46 heavy (non-hydrogen) atoms. The van der Waals surface area contributed by atoms with Crippen molar-refractivity contribution in [1.29, 1.82) is 0 Å². The largest absolute Gasteiger partial charge is 0.495 e. The van der Waals surface area contributed by atoms with E-state index in [2.05, 4.69) is 44.1 Å². The van der Waals surface area contributed by atoms with E-state index in [0.29, 0.717) is 46.3 Å². The van der Waals surface area contributed by atoms with Gasteiger partial charge in [-0.05, 0) is 66.7 Å². The van der Waals surface area contributed by atoms with Crippen molar-refractivity contribution in [3.8, 4) is 17.4 Å². The van der Waals surface area contributed by atoms with Crippen LogP contribution in [0.15, 0.2) is 47.5 Å². The lowest BCUT2D eigenvalue weighted by Gasteiger charge is -2.28. The highest BCUT2D eigenvalue weighted by molar-refractivity contribution is 9.10. The number of hydrogen-bond donors (Lipinski definition) is 3. The number of carbonyl (C=O) groups excluding carboxylic acids is 3. The summed E-state index contributed by atoms with van der Waals surface area (Å²) in [5.41, 5.74) is -0.846. The molecule has 5 atom stereocenters. The van der Waals surface area contributed by atoms with E-state index in [1.165, 1.54) is 25.0 Å². The van der Waals surface area contributed by atoms with Gasteiger partial charge in [0.25, 0.3) is 11.8 Å². The molecule has 5 rings (SSSR count). The molecule has 1 saturated heterocycles. The van der Waals surface area contributed by atoms with E-state index in [4.69, 9.17) is 14.2 Å². The van der Waals surface area contributed by atoms with Crippen molar-refractivity contribution in [2.45, 2.75) is 68.6 Å². The number of amides is 3. The van der Waals surface area contributed by atoms with Crippen molar-refractivity contribution in [2.24, 2.45) is 5.92 Å². The van der Waals surface area contributed by atoms with Gasteiger partial charge in [0.05, 0.1) is 35.5 Å². The Hall–Kier alpha value is -3.69. The van der Waals surface area contributed by atoms with E-state index in [1.807, 2.05) is 6.92 Å². The van der Waals surface area contributed by atoms with E-state index in [-0.39, 0.29) is 30.8 Å². The fourth-order valence-electron chi connectivity index (χ4n) is 5.61. The van der Waals surface area contributed by atoms with Crippen LogP contribution in [0.2, 0.25) is 0 Å². The monoisotopic (exact) mass is 720 g/mol. The molecule has 1 aliphatic heterocycles. The standard InChI is InChI=1S/C31H37BrN4O9S/c1-6-17-14-31(17,30(40)35-46(41,42)19-8-9-19)34-28(38)21-12-18(15-36(21)29(39)27(37)16(3)4)45-23-13-24(44-7-2)33-26-20(23)10-11-22(43-5)25(26)32/h6,10-11,13,17-19,21,27,37H,1,3,7-9,12,14-15H2,2,4-5H3,(H,34,38)(H,35,40)/t17?,18-,21+,27+,31-/m1/s1. The number of hydrogen-bond acceptors (Lipinski definition) is 10. The van der Waals surface area contributed by atoms with Gasteiger partial charge in [0, 0.05) is 23.8 Å². The van der Waals surface area contributed by atoms with Crippen molar-refractivity contribution >= 4 is 54.6 Å². The first-order valence-electron chi connectivity index (χ1n) is 14.9. The minimum Gasteiger partial charge on any atom is -0.495 e. The lowest BCUT2D eigenvalue weighted by Crippen LogP contribution is -2.57. The van der Waals surface area contributed by atoms with Crippen molar-refractivity contribution in [3.63, 3.8) is 0 Å². The zero-order valence-corrected chi connectivity index (χ0v) is 28.1. The summed E-state index contributed by atoms with van der Waals surface area (Å²) >= 11 is 3.53. The summed E-state index contributed by atoms with van der Waals surface area (Å²) in [6.07, 6.45) is 0.241. The van der Waals surface area contributed by atoms with E-state index in [1.54, 1.807) is 18.2 Å². The van der Waals surface area contributed by atoms with Crippen LogP contribution in [0.1, 0.15) is 39.5 Å². The third-order valence-corrected chi connectivity index (χ3v) is 11.0. The van der Waals surface area contributed by atoms with Gasteiger partial charge in [-0.3, -0.25) is 19.1 Å². The van der Waals surface area contributed by atoms with Crippen LogP contribution < -0.4 is 24.2 Å². The van der Waals surface area contributed by atoms with Crippen LogP contribution in [0.3, 0.4) is 0 Å². The molecule has 13 nitrogen and oxygen atoms in total. The number of halogens is 1. The molecule has 3 N–H and O–H groups in total. The molecule has 1 aromatic heterocycles. The normalized spacial score (nSPS) is 24.5. The van der Waals surface area contributed by atoms with Crippen molar-refractivity contribution in [3.05, 3.63) is 47.5 Å². The summed E-state index contributed by atoms with van der Waals surface area (Å²) in [7, 11) is -2.35. The minimum absolute atomic E-state index is 0.00240. The molecule has 0 bridgehead atoms. The first-order chi connectivity index (χ1) is 21.8. The maximum absolute atomic E-state index is 13.9. The van der Waals surface area contributed by atoms with Crippen LogP contribution in [-0.2, 0) is 24.4 Å². The van der Waals surface area contributed by atoms with Gasteiger partial charge < -0.3 is 29.5 Å². The smallest absolute Gasteiger partial charge is 0.259 e. The number of nitrogens with zero attached hydrogens (tertiary/aromatic N) is 2. The highest BCUT2D eigenvalue weighted by atomic mass is 79.9. The summed E-state index contributed by atoms with van der Waals surface area (Å²) in [4.78, 5) is 46.3. The van der Waals surface area contributed by atoms with Gasteiger partial charge in [-0.25, -0.2) is 13.4 Å². The number of aliphatic hydroxyl groups excluding tert-OH is 1. The SMILES string of the molecule is C=CC1C[C@]1(NC(=O)[C@@H]1C[C@@H](Oc2cc(OCC)nc3c(Br)c(OC)ccc23)CN1C(=O)[C@@H](O)C(=C)C)C(=O)NS(=O)(=O)C1CC1. The van der Waals surface area contributed by atoms with Gasteiger partial charge in [0.2, 0.25) is 21.8 Å². The number of rotatable bonds is 13. The van der Waals surface area contributed by atoms with E-state index < -0.39 is 62.7 Å². The lowest BCUT2D eigenvalue weighted by atomic mass is 10.1. The predicted molar refractivity (Wildman–Crippen MR) is 172 cm³/mol. The van der Waals surface area contributed by atoms with E-state index in [0.717, 1.165) is 0 Å². The Kier molecular flexibility index (Phi) is 9.40. The number of pyridine rings is 1. The zero-order chi connectivity index (χ0) is 33.6. The van der Waals surface area contributed by atoms with Gasteiger partial charge >= 0.3 is 0 Å². The average molecular weight is 722 g/mol. The molecule has 3 aliphatic rings. The Labute approximate surface area is 275 Å². The van der Waals surface area contributed by atoms with E-state index in [9.17, 15) is 27.9 Å². The van der Waals surface area contributed by atoms with Crippen molar-refractivity contribution < 1.29 is 42.1 Å². The first-order valence-corrected chi connectivity index (χ1v) is 17.2. The fourth-order valence-corrected chi connectivity index (χ4v) is 7.57. The molecule has 15 heteroatoms. The van der Waals surface area contributed by atoms with Gasteiger partial charge in [0.15, 0.2) is 6.10 Å². The molecule has 248 valence electrons. The number of fused-ring (bicyclic) bond motifs is 1. The molecular weight excluding hydrogens is 684 g/mol. The summed E-state index contributed by atoms with van der Waals surface area (Å²) < 4.78 is 45.2. The summed E-state index contributed by atoms with van der Waals surface area (Å²) in [6, 6.07) is 3.97. The second kappa shape index (κ2) is 12.8. The highest BCUT2D eigenvalue weighted by Gasteiger charge is 2.62. The predicted octanol–water partition coefficient (Wildman–Crippen LogP) is 2.36. The Bertz CT molecular complexity index is 1710.